The Morgan fingerprint density at radius 1 is 1.25 bits per heavy atom. The van der Waals surface area contributed by atoms with Gasteiger partial charge in [-0.1, -0.05) is 0 Å². The van der Waals surface area contributed by atoms with E-state index in [-0.39, 0.29) is 6.61 Å². The molecule has 0 saturated carbocycles. The number of amides is 1. The standard InChI is InChI=1S/C10H22N2O4/c1-12-9(10(11)13)8-16-7-6-15-5-3-4-14-2/h9,12H,3-8H2,1-2H3,(H2,11,13). The monoisotopic (exact) mass is 234 g/mol. The molecule has 96 valence electrons. The second-order valence-electron chi connectivity index (χ2n) is 3.28. The zero-order valence-corrected chi connectivity index (χ0v) is 10.0. The van der Waals surface area contributed by atoms with E-state index in [1.807, 2.05) is 0 Å². The third-order valence-corrected chi connectivity index (χ3v) is 1.99. The summed E-state index contributed by atoms with van der Waals surface area (Å²) in [5, 5.41) is 2.76. The number of nitrogens with two attached hydrogens (primary N) is 1. The Kier molecular flexibility index (Phi) is 10.3. The van der Waals surface area contributed by atoms with Crippen LogP contribution in [0.4, 0.5) is 0 Å². The third-order valence-electron chi connectivity index (χ3n) is 1.99. The lowest BCUT2D eigenvalue weighted by atomic mass is 10.3. The van der Waals surface area contributed by atoms with Crippen LogP contribution in [0.3, 0.4) is 0 Å². The Hall–Kier alpha value is -0.690. The normalized spacial score (nSPS) is 12.6. The molecule has 0 heterocycles. The van der Waals surface area contributed by atoms with Crippen LogP contribution in [-0.2, 0) is 19.0 Å². The van der Waals surface area contributed by atoms with Crippen molar-refractivity contribution in [3.63, 3.8) is 0 Å². The minimum absolute atomic E-state index is 0.271. The van der Waals surface area contributed by atoms with Crippen molar-refractivity contribution in [3.8, 4) is 0 Å². The Morgan fingerprint density at radius 3 is 2.50 bits per heavy atom. The van der Waals surface area contributed by atoms with Crippen molar-refractivity contribution in [2.24, 2.45) is 5.73 Å². The zero-order chi connectivity index (χ0) is 12.2. The van der Waals surface area contributed by atoms with E-state index >= 15 is 0 Å². The van der Waals surface area contributed by atoms with Crippen LogP contribution >= 0.6 is 0 Å². The number of carbonyl (C=O) groups excluding carboxylic acids is 1. The van der Waals surface area contributed by atoms with Gasteiger partial charge in [0.15, 0.2) is 0 Å². The minimum Gasteiger partial charge on any atom is -0.385 e. The summed E-state index contributed by atoms with van der Waals surface area (Å²) in [5.41, 5.74) is 5.12. The van der Waals surface area contributed by atoms with Gasteiger partial charge < -0.3 is 25.3 Å². The van der Waals surface area contributed by atoms with Crippen molar-refractivity contribution in [1.29, 1.82) is 0 Å². The molecule has 0 aromatic carbocycles. The summed E-state index contributed by atoms with van der Waals surface area (Å²) in [6.45, 7) is 2.59. The number of primary amides is 1. The molecule has 0 aliphatic carbocycles. The lowest BCUT2D eigenvalue weighted by Gasteiger charge is -2.12. The molecule has 0 bridgehead atoms. The first-order valence-corrected chi connectivity index (χ1v) is 5.33. The lowest BCUT2D eigenvalue weighted by Crippen LogP contribution is -2.42. The van der Waals surface area contributed by atoms with Gasteiger partial charge in [-0.3, -0.25) is 4.79 Å². The number of likely N-dealkylation sites (N-methyl/N-ethyl adjacent to an activating group) is 1. The van der Waals surface area contributed by atoms with Crippen molar-refractivity contribution < 1.29 is 19.0 Å². The summed E-state index contributed by atoms with van der Waals surface area (Å²) >= 11 is 0. The van der Waals surface area contributed by atoms with Crippen LogP contribution in [0.15, 0.2) is 0 Å². The fourth-order valence-electron chi connectivity index (χ4n) is 1.03. The average Bonchev–Trinajstić information content (AvgIpc) is 2.26. The van der Waals surface area contributed by atoms with Crippen molar-refractivity contribution in [1.82, 2.24) is 5.32 Å². The minimum atomic E-state index is -0.437. The van der Waals surface area contributed by atoms with E-state index in [4.69, 9.17) is 19.9 Å². The smallest absolute Gasteiger partial charge is 0.236 e. The Labute approximate surface area is 96.4 Å². The second-order valence-corrected chi connectivity index (χ2v) is 3.28. The fraction of sp³-hybridized carbons (Fsp3) is 0.900. The molecular formula is C10H22N2O4. The van der Waals surface area contributed by atoms with Crippen LogP contribution < -0.4 is 11.1 Å². The highest BCUT2D eigenvalue weighted by Gasteiger charge is 2.11. The number of methoxy groups -OCH3 is 1. The summed E-state index contributed by atoms with van der Waals surface area (Å²) in [4.78, 5) is 10.8. The summed E-state index contributed by atoms with van der Waals surface area (Å²) < 4.78 is 15.4. The molecular weight excluding hydrogens is 212 g/mol. The van der Waals surface area contributed by atoms with E-state index < -0.39 is 11.9 Å². The van der Waals surface area contributed by atoms with Gasteiger partial charge in [-0.2, -0.15) is 0 Å². The number of nitrogens with one attached hydrogen (secondary N) is 1. The van der Waals surface area contributed by atoms with E-state index in [9.17, 15) is 4.79 Å². The summed E-state index contributed by atoms with van der Waals surface area (Å²) in [6.07, 6.45) is 0.872. The van der Waals surface area contributed by atoms with E-state index in [1.165, 1.54) is 0 Å². The highest BCUT2D eigenvalue weighted by Crippen LogP contribution is 1.87. The molecule has 0 aliphatic heterocycles. The number of ether oxygens (including phenoxy) is 3. The molecule has 1 amide bonds. The van der Waals surface area contributed by atoms with Gasteiger partial charge in [-0.15, -0.1) is 0 Å². The average molecular weight is 234 g/mol. The van der Waals surface area contributed by atoms with E-state index in [1.54, 1.807) is 14.2 Å². The van der Waals surface area contributed by atoms with Crippen LogP contribution in [0, 0.1) is 0 Å². The molecule has 1 unspecified atom stereocenters. The van der Waals surface area contributed by atoms with Crippen molar-refractivity contribution in [2.75, 3.05) is 47.2 Å². The number of hydrogen-bond donors (Lipinski definition) is 2. The third kappa shape index (κ3) is 8.60. The quantitative estimate of drug-likeness (QED) is 0.454. The first kappa shape index (κ1) is 15.3. The van der Waals surface area contributed by atoms with Crippen molar-refractivity contribution >= 4 is 5.91 Å². The van der Waals surface area contributed by atoms with Gasteiger partial charge in [0.25, 0.3) is 0 Å². The molecule has 0 aromatic heterocycles. The van der Waals surface area contributed by atoms with Crippen LogP contribution in [0.25, 0.3) is 0 Å². The van der Waals surface area contributed by atoms with Gasteiger partial charge in [0, 0.05) is 20.3 Å². The Morgan fingerprint density at radius 2 is 1.94 bits per heavy atom. The molecule has 6 nitrogen and oxygen atoms in total. The van der Waals surface area contributed by atoms with Crippen molar-refractivity contribution in [2.45, 2.75) is 12.5 Å². The maximum absolute atomic E-state index is 10.8. The zero-order valence-electron chi connectivity index (χ0n) is 10.0. The Balaban J connectivity index is 3.22. The molecule has 16 heavy (non-hydrogen) atoms. The molecule has 0 radical (unpaired) electrons. The van der Waals surface area contributed by atoms with Crippen molar-refractivity contribution in [3.05, 3.63) is 0 Å². The Bertz CT molecular complexity index is 178. The predicted molar refractivity (Wildman–Crippen MR) is 60.2 cm³/mol. The van der Waals surface area contributed by atoms with E-state index in [0.717, 1.165) is 6.42 Å². The first-order chi connectivity index (χ1) is 7.72. The van der Waals surface area contributed by atoms with Gasteiger partial charge in [0.1, 0.15) is 6.04 Å². The molecule has 0 spiro atoms. The van der Waals surface area contributed by atoms with Gasteiger partial charge in [-0.05, 0) is 13.5 Å². The largest absolute Gasteiger partial charge is 0.385 e. The maximum Gasteiger partial charge on any atom is 0.236 e. The van der Waals surface area contributed by atoms with Crippen LogP contribution in [0.2, 0.25) is 0 Å². The molecule has 6 heteroatoms. The van der Waals surface area contributed by atoms with Gasteiger partial charge in [0.2, 0.25) is 5.91 Å². The maximum atomic E-state index is 10.8. The second kappa shape index (κ2) is 10.8. The highest BCUT2D eigenvalue weighted by molar-refractivity contribution is 5.79. The molecule has 3 N–H and O–H groups in total. The lowest BCUT2D eigenvalue weighted by molar-refractivity contribution is -0.121. The van der Waals surface area contributed by atoms with Crippen LogP contribution in [-0.4, -0.2) is 59.1 Å². The highest BCUT2D eigenvalue weighted by atomic mass is 16.5. The molecule has 0 fully saturated rings. The molecule has 0 aliphatic rings. The fourth-order valence-corrected chi connectivity index (χ4v) is 1.03. The topological polar surface area (TPSA) is 82.8 Å². The summed E-state index contributed by atoms with van der Waals surface area (Å²) in [6, 6.07) is -0.437. The van der Waals surface area contributed by atoms with Gasteiger partial charge in [-0.25, -0.2) is 0 Å². The van der Waals surface area contributed by atoms with Crippen LogP contribution in [0.1, 0.15) is 6.42 Å². The SMILES string of the molecule is CNC(COCCOCCCOC)C(N)=O. The van der Waals surface area contributed by atoms with E-state index in [0.29, 0.717) is 26.4 Å². The molecule has 0 rings (SSSR count). The summed E-state index contributed by atoms with van der Waals surface area (Å²) in [5.74, 6) is -0.413. The van der Waals surface area contributed by atoms with Gasteiger partial charge in [0.05, 0.1) is 19.8 Å². The van der Waals surface area contributed by atoms with Gasteiger partial charge >= 0.3 is 0 Å². The number of hydrogen-bond acceptors (Lipinski definition) is 5. The summed E-state index contributed by atoms with van der Waals surface area (Å²) in [7, 11) is 3.32. The molecule has 1 atom stereocenters. The molecule has 0 aromatic rings. The first-order valence-electron chi connectivity index (χ1n) is 5.33. The number of rotatable bonds is 11. The van der Waals surface area contributed by atoms with E-state index in [2.05, 4.69) is 5.32 Å². The number of carbonyl (C=O) groups is 1. The predicted octanol–water partition coefficient (Wildman–Crippen LogP) is -0.871. The van der Waals surface area contributed by atoms with Crippen LogP contribution in [0.5, 0.6) is 0 Å². The molecule has 0 saturated heterocycles.